The number of hydrogen-bond donors (Lipinski definition) is 0. The van der Waals surface area contributed by atoms with Gasteiger partial charge in [0.05, 0.1) is 13.2 Å². The van der Waals surface area contributed by atoms with Gasteiger partial charge in [0.1, 0.15) is 5.57 Å². The number of ether oxygens (including phenoxy) is 2. The monoisotopic (exact) mass is 390 g/mol. The van der Waals surface area contributed by atoms with Crippen LogP contribution in [0.4, 0.5) is 0 Å². The van der Waals surface area contributed by atoms with Crippen LogP contribution in [0.5, 0.6) is 0 Å². The molecule has 0 bridgehead atoms. The van der Waals surface area contributed by atoms with E-state index in [1.54, 1.807) is 0 Å². The summed E-state index contributed by atoms with van der Waals surface area (Å²) < 4.78 is 10.7. The van der Waals surface area contributed by atoms with Gasteiger partial charge in [0, 0.05) is 5.41 Å². The molecule has 0 aliphatic heterocycles. The summed E-state index contributed by atoms with van der Waals surface area (Å²) in [7, 11) is 0. The van der Waals surface area contributed by atoms with Crippen LogP contribution < -0.4 is 0 Å². The summed E-state index contributed by atoms with van der Waals surface area (Å²) in [4.78, 5) is 25.3. The summed E-state index contributed by atoms with van der Waals surface area (Å²) in [5.41, 5.74) is -0.284. The minimum absolute atomic E-state index is 0.0441. The summed E-state index contributed by atoms with van der Waals surface area (Å²) in [6, 6.07) is 0. The summed E-state index contributed by atoms with van der Waals surface area (Å²) in [5.74, 6) is -1.13. The van der Waals surface area contributed by atoms with Gasteiger partial charge in [-0.2, -0.15) is 0 Å². The Hall–Kier alpha value is -1.84. The van der Waals surface area contributed by atoms with E-state index < -0.39 is 11.9 Å². The maximum absolute atomic E-state index is 12.7. The lowest BCUT2D eigenvalue weighted by Gasteiger charge is -2.29. The van der Waals surface area contributed by atoms with E-state index in [1.165, 1.54) is 12.8 Å². The second kappa shape index (κ2) is 14.2. The van der Waals surface area contributed by atoms with Gasteiger partial charge in [0.15, 0.2) is 0 Å². The molecule has 0 spiro atoms. The highest BCUT2D eigenvalue weighted by atomic mass is 16.6. The lowest BCUT2D eigenvalue weighted by Crippen LogP contribution is -2.24. The summed E-state index contributed by atoms with van der Waals surface area (Å²) in [6.45, 7) is 6.92. The second-order valence-corrected chi connectivity index (χ2v) is 7.57. The van der Waals surface area contributed by atoms with Gasteiger partial charge in [-0.25, -0.2) is 9.59 Å². The fraction of sp³-hybridized carbons (Fsp3) is 0.667. The lowest BCUT2D eigenvalue weighted by molar-refractivity contribution is -0.147. The van der Waals surface area contributed by atoms with Crippen LogP contribution in [0.2, 0.25) is 0 Å². The van der Waals surface area contributed by atoms with Gasteiger partial charge in [0.25, 0.3) is 0 Å². The zero-order valence-electron chi connectivity index (χ0n) is 18.0. The number of allylic oxidation sites excluding steroid dienone is 5. The van der Waals surface area contributed by atoms with Crippen LogP contribution in [0.15, 0.2) is 36.0 Å². The van der Waals surface area contributed by atoms with E-state index in [2.05, 4.69) is 19.1 Å². The molecule has 0 radical (unpaired) electrons. The Morgan fingerprint density at radius 1 is 0.857 bits per heavy atom. The maximum atomic E-state index is 12.7. The van der Waals surface area contributed by atoms with Crippen molar-refractivity contribution in [1.29, 1.82) is 0 Å². The van der Waals surface area contributed by atoms with Crippen molar-refractivity contribution < 1.29 is 19.1 Å². The van der Waals surface area contributed by atoms with Gasteiger partial charge in [-0.05, 0) is 25.7 Å². The van der Waals surface area contributed by atoms with Crippen LogP contribution in [0, 0.1) is 5.41 Å². The first-order chi connectivity index (χ1) is 13.6. The van der Waals surface area contributed by atoms with Gasteiger partial charge in [-0.15, -0.1) is 0 Å². The normalized spacial score (nSPS) is 18.0. The first kappa shape index (κ1) is 24.2. The molecule has 28 heavy (non-hydrogen) atoms. The average Bonchev–Trinajstić information content (AvgIpc) is 2.70. The van der Waals surface area contributed by atoms with Crippen LogP contribution in [-0.2, 0) is 19.1 Å². The molecule has 0 N–H and O–H groups in total. The predicted octanol–water partition coefficient (Wildman–Crippen LogP) is 6.07. The van der Waals surface area contributed by atoms with Gasteiger partial charge in [-0.3, -0.25) is 0 Å². The molecule has 1 aliphatic rings. The van der Waals surface area contributed by atoms with E-state index in [1.807, 2.05) is 32.1 Å². The molecule has 4 heteroatoms. The fourth-order valence-electron chi connectivity index (χ4n) is 3.19. The molecule has 0 amide bonds. The number of carbonyl (C=O) groups is 2. The molecule has 0 saturated heterocycles. The molecule has 0 heterocycles. The predicted molar refractivity (Wildman–Crippen MR) is 114 cm³/mol. The third-order valence-corrected chi connectivity index (χ3v) is 5.00. The fourth-order valence-corrected chi connectivity index (χ4v) is 3.19. The van der Waals surface area contributed by atoms with Gasteiger partial charge in [0.2, 0.25) is 0 Å². The SMILES string of the molecule is CCCCCCC1(C=C(C(=O)OCCCC)C(=O)OCCCC)C=CC=CC1. The number of carbonyl (C=O) groups excluding carboxylic acids is 2. The number of rotatable bonds is 14. The standard InChI is InChI=1S/C24H38O4/c1-4-7-10-12-15-24(16-13-11-14-17-24)20-21(22(25)27-18-8-5-2)23(26)28-19-9-6-3/h11,13-14,16,20H,4-10,12,15,17-19H2,1-3H3. The number of hydrogen-bond acceptors (Lipinski definition) is 4. The largest absolute Gasteiger partial charge is 0.462 e. The van der Waals surface area contributed by atoms with Crippen molar-refractivity contribution in [3.63, 3.8) is 0 Å². The molecule has 0 fully saturated rings. The lowest BCUT2D eigenvalue weighted by atomic mass is 9.76. The third kappa shape index (κ3) is 8.90. The van der Waals surface area contributed by atoms with Crippen LogP contribution in [0.3, 0.4) is 0 Å². The summed E-state index contributed by atoms with van der Waals surface area (Å²) in [6.07, 6.45) is 19.7. The zero-order valence-corrected chi connectivity index (χ0v) is 18.0. The molecule has 0 saturated carbocycles. The van der Waals surface area contributed by atoms with E-state index in [-0.39, 0.29) is 11.0 Å². The van der Waals surface area contributed by atoms with E-state index in [9.17, 15) is 9.59 Å². The highest BCUT2D eigenvalue weighted by Crippen LogP contribution is 2.37. The Balaban J connectivity index is 3.01. The highest BCUT2D eigenvalue weighted by Gasteiger charge is 2.30. The Bertz CT molecular complexity index is 535. The molecule has 1 aliphatic carbocycles. The van der Waals surface area contributed by atoms with Crippen LogP contribution >= 0.6 is 0 Å². The van der Waals surface area contributed by atoms with Crippen molar-refractivity contribution in [2.75, 3.05) is 13.2 Å². The molecule has 0 aromatic rings. The molecule has 0 aromatic carbocycles. The van der Waals surface area contributed by atoms with Crippen molar-refractivity contribution in [2.45, 2.75) is 85.0 Å². The summed E-state index contributed by atoms with van der Waals surface area (Å²) >= 11 is 0. The van der Waals surface area contributed by atoms with Crippen molar-refractivity contribution in [3.05, 3.63) is 36.0 Å². The molecular formula is C24H38O4. The van der Waals surface area contributed by atoms with Crippen LogP contribution in [0.1, 0.15) is 85.0 Å². The zero-order chi connectivity index (χ0) is 20.7. The smallest absolute Gasteiger partial charge is 0.345 e. The second-order valence-electron chi connectivity index (χ2n) is 7.57. The van der Waals surface area contributed by atoms with Crippen molar-refractivity contribution in [2.24, 2.45) is 5.41 Å². The number of unbranched alkanes of at least 4 members (excludes halogenated alkanes) is 5. The molecule has 0 aromatic heterocycles. The minimum atomic E-state index is -0.564. The average molecular weight is 391 g/mol. The van der Waals surface area contributed by atoms with Crippen LogP contribution in [-0.4, -0.2) is 25.2 Å². The topological polar surface area (TPSA) is 52.6 Å². The van der Waals surface area contributed by atoms with Crippen molar-refractivity contribution in [3.8, 4) is 0 Å². The van der Waals surface area contributed by atoms with Crippen molar-refractivity contribution in [1.82, 2.24) is 0 Å². The molecule has 1 unspecified atom stereocenters. The molecule has 158 valence electrons. The van der Waals surface area contributed by atoms with E-state index >= 15 is 0 Å². The summed E-state index contributed by atoms with van der Waals surface area (Å²) in [5, 5.41) is 0. The van der Waals surface area contributed by atoms with Crippen LogP contribution in [0.25, 0.3) is 0 Å². The minimum Gasteiger partial charge on any atom is -0.462 e. The van der Waals surface area contributed by atoms with Gasteiger partial charge < -0.3 is 9.47 Å². The first-order valence-electron chi connectivity index (χ1n) is 11.0. The molecular weight excluding hydrogens is 352 g/mol. The third-order valence-electron chi connectivity index (χ3n) is 5.00. The van der Waals surface area contributed by atoms with E-state index in [4.69, 9.17) is 9.47 Å². The Morgan fingerprint density at radius 3 is 1.96 bits per heavy atom. The quantitative estimate of drug-likeness (QED) is 0.119. The first-order valence-corrected chi connectivity index (χ1v) is 11.0. The van der Waals surface area contributed by atoms with Gasteiger partial charge in [-0.1, -0.05) is 89.7 Å². The highest BCUT2D eigenvalue weighted by molar-refractivity contribution is 6.14. The Morgan fingerprint density at radius 2 is 1.46 bits per heavy atom. The van der Waals surface area contributed by atoms with Crippen molar-refractivity contribution >= 4 is 11.9 Å². The molecule has 4 nitrogen and oxygen atoms in total. The number of esters is 2. The Labute approximate surface area is 171 Å². The van der Waals surface area contributed by atoms with E-state index in [0.29, 0.717) is 13.2 Å². The van der Waals surface area contributed by atoms with E-state index in [0.717, 1.165) is 51.4 Å². The molecule has 1 atom stereocenters. The van der Waals surface area contributed by atoms with Gasteiger partial charge >= 0.3 is 11.9 Å². The maximum Gasteiger partial charge on any atom is 0.345 e. The molecule has 1 rings (SSSR count). The Kier molecular flexibility index (Phi) is 12.3.